The summed E-state index contributed by atoms with van der Waals surface area (Å²) in [5.41, 5.74) is 1.34. The van der Waals surface area contributed by atoms with E-state index in [2.05, 4.69) is 4.84 Å². The third-order valence-corrected chi connectivity index (χ3v) is 2.00. The van der Waals surface area contributed by atoms with Gasteiger partial charge in [-0.25, -0.2) is 10.3 Å². The van der Waals surface area contributed by atoms with Crippen molar-refractivity contribution in [2.45, 2.75) is 19.7 Å². The zero-order valence-corrected chi connectivity index (χ0v) is 8.29. The molecule has 1 aromatic carbocycles. The number of methoxy groups -OCH3 is 1. The molecule has 0 aliphatic carbocycles. The van der Waals surface area contributed by atoms with Crippen LogP contribution in [0.3, 0.4) is 0 Å². The second-order valence-electron chi connectivity index (χ2n) is 3.00. The predicted molar refractivity (Wildman–Crippen MR) is 51.5 cm³/mol. The van der Waals surface area contributed by atoms with Gasteiger partial charge in [0.2, 0.25) is 0 Å². The highest BCUT2D eigenvalue weighted by Gasteiger charge is 2.08. The monoisotopic (exact) mass is 199 g/mol. The molecular weight excluding hydrogens is 185 g/mol. The van der Waals surface area contributed by atoms with Gasteiger partial charge in [0.15, 0.2) is 0 Å². The number of benzene rings is 1. The van der Waals surface area contributed by atoms with Crippen molar-refractivity contribution in [3.05, 3.63) is 29.3 Å². The molecule has 0 spiro atoms. The van der Waals surface area contributed by atoms with Crippen LogP contribution in [0.5, 0.6) is 5.75 Å². The summed E-state index contributed by atoms with van der Waals surface area (Å²) in [6.45, 7) is 1.69. The summed E-state index contributed by atoms with van der Waals surface area (Å²) < 4.78 is 18.1. The highest BCUT2D eigenvalue weighted by molar-refractivity contribution is 5.37. The summed E-state index contributed by atoms with van der Waals surface area (Å²) in [6.07, 6.45) is -1.00. The lowest BCUT2D eigenvalue weighted by Gasteiger charge is -2.10. The molecule has 1 atom stereocenters. The van der Waals surface area contributed by atoms with Crippen LogP contribution in [-0.2, 0) is 11.4 Å². The van der Waals surface area contributed by atoms with E-state index in [-0.39, 0.29) is 6.61 Å². The molecule has 0 aliphatic heterocycles. The van der Waals surface area contributed by atoms with Crippen molar-refractivity contribution >= 4 is 0 Å². The van der Waals surface area contributed by atoms with E-state index in [1.54, 1.807) is 25.3 Å². The average molecular weight is 199 g/mol. The first-order chi connectivity index (χ1) is 6.69. The van der Waals surface area contributed by atoms with Crippen LogP contribution in [0.4, 0.5) is 4.39 Å². The SMILES string of the molecule is COc1ccc(C(C)F)cc1CON. The molecule has 0 aromatic heterocycles. The number of hydrogen-bond donors (Lipinski definition) is 1. The van der Waals surface area contributed by atoms with Crippen molar-refractivity contribution in [3.63, 3.8) is 0 Å². The van der Waals surface area contributed by atoms with Gasteiger partial charge in [-0.15, -0.1) is 0 Å². The third-order valence-electron chi connectivity index (χ3n) is 2.00. The highest BCUT2D eigenvalue weighted by atomic mass is 19.1. The van der Waals surface area contributed by atoms with Crippen LogP contribution in [0, 0.1) is 0 Å². The van der Waals surface area contributed by atoms with E-state index in [0.717, 1.165) is 5.56 Å². The highest BCUT2D eigenvalue weighted by Crippen LogP contribution is 2.25. The second-order valence-corrected chi connectivity index (χ2v) is 3.00. The Kier molecular flexibility index (Phi) is 3.85. The van der Waals surface area contributed by atoms with Gasteiger partial charge in [0.05, 0.1) is 13.7 Å². The molecule has 0 bridgehead atoms. The van der Waals surface area contributed by atoms with Crippen molar-refractivity contribution in [2.75, 3.05) is 7.11 Å². The molecular formula is C10H14FNO2. The molecule has 0 aliphatic rings. The van der Waals surface area contributed by atoms with Crippen molar-refractivity contribution < 1.29 is 14.0 Å². The minimum atomic E-state index is -1.00. The van der Waals surface area contributed by atoms with Crippen LogP contribution in [0.2, 0.25) is 0 Å². The Morgan fingerprint density at radius 1 is 1.50 bits per heavy atom. The van der Waals surface area contributed by atoms with Crippen LogP contribution in [0.1, 0.15) is 24.2 Å². The standard InChI is InChI=1S/C10H14FNO2/c1-7(11)8-3-4-10(13-2)9(5-8)6-14-12/h3-5,7H,6,12H2,1-2H3. The molecule has 2 N–H and O–H groups in total. The van der Waals surface area contributed by atoms with E-state index in [9.17, 15) is 4.39 Å². The van der Waals surface area contributed by atoms with Gasteiger partial charge in [-0.05, 0) is 24.6 Å². The van der Waals surface area contributed by atoms with E-state index in [4.69, 9.17) is 10.6 Å². The number of rotatable bonds is 4. The molecule has 1 rings (SSSR count). The number of hydrogen-bond acceptors (Lipinski definition) is 3. The summed E-state index contributed by atoms with van der Waals surface area (Å²) in [4.78, 5) is 4.50. The molecule has 0 saturated carbocycles. The molecule has 0 amide bonds. The fourth-order valence-electron chi connectivity index (χ4n) is 1.25. The number of alkyl halides is 1. The Hall–Kier alpha value is -1.13. The van der Waals surface area contributed by atoms with Gasteiger partial charge < -0.3 is 4.74 Å². The van der Waals surface area contributed by atoms with Crippen molar-refractivity contribution in [2.24, 2.45) is 5.90 Å². The van der Waals surface area contributed by atoms with Gasteiger partial charge in [-0.3, -0.25) is 4.84 Å². The number of halogens is 1. The van der Waals surface area contributed by atoms with Gasteiger partial charge in [-0.1, -0.05) is 6.07 Å². The van der Waals surface area contributed by atoms with Crippen LogP contribution in [0.25, 0.3) is 0 Å². The maximum atomic E-state index is 13.0. The summed E-state index contributed by atoms with van der Waals surface area (Å²) in [5.74, 6) is 5.61. The molecule has 78 valence electrons. The molecule has 14 heavy (non-hydrogen) atoms. The van der Waals surface area contributed by atoms with E-state index in [1.807, 2.05) is 0 Å². The number of ether oxygens (including phenoxy) is 1. The lowest BCUT2D eigenvalue weighted by atomic mass is 10.1. The first-order valence-corrected chi connectivity index (χ1v) is 4.31. The zero-order chi connectivity index (χ0) is 10.6. The summed E-state index contributed by atoms with van der Waals surface area (Å²) >= 11 is 0. The Balaban J connectivity index is 3.01. The Labute approximate surface area is 82.6 Å². The molecule has 0 fully saturated rings. The molecule has 0 radical (unpaired) electrons. The second kappa shape index (κ2) is 4.93. The summed E-state index contributed by atoms with van der Waals surface area (Å²) in [7, 11) is 1.55. The van der Waals surface area contributed by atoms with Crippen molar-refractivity contribution in [1.29, 1.82) is 0 Å². The maximum Gasteiger partial charge on any atom is 0.124 e. The van der Waals surface area contributed by atoms with E-state index in [1.165, 1.54) is 6.92 Å². The summed E-state index contributed by atoms with van der Waals surface area (Å²) in [5, 5.41) is 0. The molecule has 0 heterocycles. The van der Waals surface area contributed by atoms with E-state index in [0.29, 0.717) is 11.3 Å². The topological polar surface area (TPSA) is 44.5 Å². The first-order valence-electron chi connectivity index (χ1n) is 4.31. The van der Waals surface area contributed by atoms with Crippen LogP contribution >= 0.6 is 0 Å². The van der Waals surface area contributed by atoms with Crippen LogP contribution in [-0.4, -0.2) is 7.11 Å². The van der Waals surface area contributed by atoms with Gasteiger partial charge in [0.25, 0.3) is 0 Å². The third kappa shape index (κ3) is 2.43. The van der Waals surface area contributed by atoms with Gasteiger partial charge >= 0.3 is 0 Å². The van der Waals surface area contributed by atoms with E-state index >= 15 is 0 Å². The molecule has 3 nitrogen and oxygen atoms in total. The minimum Gasteiger partial charge on any atom is -0.496 e. The number of nitrogens with two attached hydrogens (primary N) is 1. The van der Waals surface area contributed by atoms with E-state index < -0.39 is 6.17 Å². The Morgan fingerprint density at radius 3 is 2.71 bits per heavy atom. The molecule has 4 heteroatoms. The normalized spacial score (nSPS) is 12.6. The maximum absolute atomic E-state index is 13.0. The molecule has 0 saturated heterocycles. The average Bonchev–Trinajstić information content (AvgIpc) is 2.18. The van der Waals surface area contributed by atoms with Gasteiger partial charge in [0.1, 0.15) is 11.9 Å². The lowest BCUT2D eigenvalue weighted by Crippen LogP contribution is -2.02. The smallest absolute Gasteiger partial charge is 0.124 e. The predicted octanol–water partition coefficient (Wildman–Crippen LogP) is 2.12. The lowest BCUT2D eigenvalue weighted by molar-refractivity contribution is 0.122. The van der Waals surface area contributed by atoms with Gasteiger partial charge in [0, 0.05) is 5.56 Å². The van der Waals surface area contributed by atoms with Gasteiger partial charge in [-0.2, -0.15) is 0 Å². The minimum absolute atomic E-state index is 0.212. The largest absolute Gasteiger partial charge is 0.496 e. The first kappa shape index (κ1) is 10.9. The van der Waals surface area contributed by atoms with Crippen molar-refractivity contribution in [1.82, 2.24) is 0 Å². The summed E-state index contributed by atoms with van der Waals surface area (Å²) in [6, 6.07) is 5.08. The Bertz CT molecular complexity index is 302. The fourth-order valence-corrected chi connectivity index (χ4v) is 1.25. The van der Waals surface area contributed by atoms with Crippen molar-refractivity contribution in [3.8, 4) is 5.75 Å². The van der Waals surface area contributed by atoms with Crippen LogP contribution in [0.15, 0.2) is 18.2 Å². The molecule has 1 aromatic rings. The van der Waals surface area contributed by atoms with Crippen LogP contribution < -0.4 is 10.6 Å². The quantitative estimate of drug-likeness (QED) is 0.755. The zero-order valence-electron chi connectivity index (χ0n) is 8.29. The fraction of sp³-hybridized carbons (Fsp3) is 0.400. The molecule has 1 unspecified atom stereocenters. The Morgan fingerprint density at radius 2 is 2.21 bits per heavy atom.